The maximum atomic E-state index is 6.02. The molecular formula is C15H22N2. The lowest BCUT2D eigenvalue weighted by atomic mass is 9.57. The van der Waals surface area contributed by atoms with Crippen LogP contribution < -0.4 is 11.5 Å². The largest absolute Gasteiger partial charge is 0.399 e. The van der Waals surface area contributed by atoms with Gasteiger partial charge in [-0.15, -0.1) is 0 Å². The van der Waals surface area contributed by atoms with Gasteiger partial charge in [-0.2, -0.15) is 0 Å². The molecule has 3 aliphatic rings. The molecule has 0 aliphatic heterocycles. The van der Waals surface area contributed by atoms with Gasteiger partial charge in [0.15, 0.2) is 0 Å². The van der Waals surface area contributed by atoms with Crippen molar-refractivity contribution in [3.63, 3.8) is 0 Å². The molecule has 4 rings (SSSR count). The molecule has 0 radical (unpaired) electrons. The summed E-state index contributed by atoms with van der Waals surface area (Å²) < 4.78 is 0. The molecule has 4 N–H and O–H groups in total. The minimum Gasteiger partial charge on any atom is -0.399 e. The molecule has 0 amide bonds. The van der Waals surface area contributed by atoms with Crippen molar-refractivity contribution < 1.29 is 0 Å². The van der Waals surface area contributed by atoms with Gasteiger partial charge in [-0.25, -0.2) is 0 Å². The topological polar surface area (TPSA) is 52.0 Å². The van der Waals surface area contributed by atoms with E-state index in [0.717, 1.165) is 24.1 Å². The van der Waals surface area contributed by atoms with Crippen LogP contribution in [-0.4, -0.2) is 6.54 Å². The SMILES string of the molecule is NC[C@H]1C2CCC(CC2)[C@@H]1c1ccc(N)cc1. The lowest BCUT2D eigenvalue weighted by molar-refractivity contribution is 0.0731. The number of hydrogen-bond donors (Lipinski definition) is 2. The quantitative estimate of drug-likeness (QED) is 0.768. The molecule has 3 aliphatic carbocycles. The molecule has 17 heavy (non-hydrogen) atoms. The number of nitrogen functional groups attached to an aromatic ring is 1. The second-order valence-electron chi connectivity index (χ2n) is 5.77. The summed E-state index contributed by atoms with van der Waals surface area (Å²) in [5.74, 6) is 3.11. The Kier molecular flexibility index (Phi) is 2.83. The number of hydrogen-bond acceptors (Lipinski definition) is 2. The van der Waals surface area contributed by atoms with Crippen molar-refractivity contribution >= 4 is 5.69 Å². The maximum Gasteiger partial charge on any atom is 0.0314 e. The molecule has 3 fully saturated rings. The molecule has 1 aromatic rings. The van der Waals surface area contributed by atoms with Crippen LogP contribution in [0.15, 0.2) is 24.3 Å². The second-order valence-corrected chi connectivity index (χ2v) is 5.77. The first kappa shape index (κ1) is 11.1. The van der Waals surface area contributed by atoms with E-state index in [0.29, 0.717) is 11.8 Å². The van der Waals surface area contributed by atoms with Crippen molar-refractivity contribution in [2.24, 2.45) is 23.5 Å². The summed E-state index contributed by atoms with van der Waals surface area (Å²) in [7, 11) is 0. The van der Waals surface area contributed by atoms with E-state index < -0.39 is 0 Å². The van der Waals surface area contributed by atoms with E-state index in [1.165, 1.54) is 31.2 Å². The van der Waals surface area contributed by atoms with E-state index in [1.807, 2.05) is 12.1 Å². The highest BCUT2D eigenvalue weighted by atomic mass is 14.6. The average molecular weight is 230 g/mol. The van der Waals surface area contributed by atoms with Crippen LogP contribution in [0.5, 0.6) is 0 Å². The first-order chi connectivity index (χ1) is 8.29. The van der Waals surface area contributed by atoms with Gasteiger partial charge in [0.05, 0.1) is 0 Å². The number of benzene rings is 1. The third-order valence-corrected chi connectivity index (χ3v) is 4.98. The first-order valence-corrected chi connectivity index (χ1v) is 6.85. The summed E-state index contributed by atoms with van der Waals surface area (Å²) in [4.78, 5) is 0. The van der Waals surface area contributed by atoms with Gasteiger partial charge < -0.3 is 11.5 Å². The summed E-state index contributed by atoms with van der Waals surface area (Å²) in [6, 6.07) is 8.49. The highest BCUT2D eigenvalue weighted by Crippen LogP contribution is 2.52. The molecule has 2 bridgehead atoms. The van der Waals surface area contributed by atoms with Gasteiger partial charge in [0.25, 0.3) is 0 Å². The van der Waals surface area contributed by atoms with Gasteiger partial charge in [0.2, 0.25) is 0 Å². The zero-order chi connectivity index (χ0) is 11.8. The van der Waals surface area contributed by atoms with Crippen molar-refractivity contribution in [2.45, 2.75) is 31.6 Å². The first-order valence-electron chi connectivity index (χ1n) is 6.85. The molecule has 92 valence electrons. The zero-order valence-corrected chi connectivity index (χ0v) is 10.3. The monoisotopic (exact) mass is 230 g/mol. The van der Waals surface area contributed by atoms with Gasteiger partial charge in [-0.3, -0.25) is 0 Å². The predicted octanol–water partition coefficient (Wildman–Crippen LogP) is 2.75. The summed E-state index contributed by atoms with van der Waals surface area (Å²) in [5, 5.41) is 0. The minimum absolute atomic E-state index is 0.688. The van der Waals surface area contributed by atoms with Crippen LogP contribution in [0.3, 0.4) is 0 Å². The Morgan fingerprint density at radius 1 is 0.941 bits per heavy atom. The van der Waals surface area contributed by atoms with Gasteiger partial charge in [0, 0.05) is 5.69 Å². The molecule has 0 unspecified atom stereocenters. The summed E-state index contributed by atoms with van der Waals surface area (Å²) >= 11 is 0. The normalized spacial score (nSPS) is 36.1. The number of fused-ring (bicyclic) bond motifs is 3. The number of rotatable bonds is 2. The molecule has 0 saturated heterocycles. The van der Waals surface area contributed by atoms with E-state index in [9.17, 15) is 0 Å². The van der Waals surface area contributed by atoms with Crippen LogP contribution in [0.4, 0.5) is 5.69 Å². The summed E-state index contributed by atoms with van der Waals surface area (Å²) in [5.41, 5.74) is 14.1. The standard InChI is InChI=1S/C15H22N2/c16-9-14-10-1-3-11(4-2-10)15(14)12-5-7-13(17)8-6-12/h5-8,10-11,14-15H,1-4,9,16-17H2/t10?,11?,14-,15+/m0/s1. The number of nitrogens with two attached hydrogens (primary N) is 2. The Labute approximate surface area is 103 Å². The maximum absolute atomic E-state index is 6.02. The fourth-order valence-corrected chi connectivity index (χ4v) is 4.15. The van der Waals surface area contributed by atoms with Crippen LogP contribution in [0, 0.1) is 17.8 Å². The Morgan fingerprint density at radius 3 is 2.12 bits per heavy atom. The third-order valence-electron chi connectivity index (χ3n) is 4.98. The van der Waals surface area contributed by atoms with Crippen LogP contribution in [0.1, 0.15) is 37.2 Å². The van der Waals surface area contributed by atoms with E-state index >= 15 is 0 Å². The number of anilines is 1. The third kappa shape index (κ3) is 1.85. The Hall–Kier alpha value is -1.02. The van der Waals surface area contributed by atoms with Gasteiger partial charge >= 0.3 is 0 Å². The van der Waals surface area contributed by atoms with Crippen molar-refractivity contribution in [3.05, 3.63) is 29.8 Å². The van der Waals surface area contributed by atoms with Crippen LogP contribution >= 0.6 is 0 Å². The van der Waals surface area contributed by atoms with Crippen LogP contribution in [-0.2, 0) is 0 Å². The molecular weight excluding hydrogens is 208 g/mol. The van der Waals surface area contributed by atoms with E-state index in [-0.39, 0.29) is 0 Å². The Balaban J connectivity index is 1.92. The summed E-state index contributed by atoms with van der Waals surface area (Å²) in [6.45, 7) is 0.843. The fraction of sp³-hybridized carbons (Fsp3) is 0.600. The molecule has 0 heterocycles. The molecule has 2 atom stereocenters. The molecule has 0 spiro atoms. The van der Waals surface area contributed by atoms with Gasteiger partial charge in [-0.1, -0.05) is 12.1 Å². The Bertz CT molecular complexity index is 376. The van der Waals surface area contributed by atoms with Crippen molar-refractivity contribution in [1.29, 1.82) is 0 Å². The van der Waals surface area contributed by atoms with E-state index in [2.05, 4.69) is 12.1 Å². The second kappa shape index (κ2) is 4.34. The van der Waals surface area contributed by atoms with E-state index in [4.69, 9.17) is 11.5 Å². The van der Waals surface area contributed by atoms with Crippen LogP contribution in [0.25, 0.3) is 0 Å². The predicted molar refractivity (Wildman–Crippen MR) is 71.6 cm³/mol. The highest BCUT2D eigenvalue weighted by molar-refractivity contribution is 5.40. The van der Waals surface area contributed by atoms with Crippen molar-refractivity contribution in [2.75, 3.05) is 12.3 Å². The molecule has 1 aromatic carbocycles. The zero-order valence-electron chi connectivity index (χ0n) is 10.3. The van der Waals surface area contributed by atoms with Crippen molar-refractivity contribution in [1.82, 2.24) is 0 Å². The lowest BCUT2D eigenvalue weighted by Gasteiger charge is -2.48. The average Bonchev–Trinajstić information content (AvgIpc) is 2.40. The molecule has 2 heteroatoms. The molecule has 3 saturated carbocycles. The fourth-order valence-electron chi connectivity index (χ4n) is 4.15. The summed E-state index contributed by atoms with van der Waals surface area (Å²) in [6.07, 6.45) is 5.60. The molecule has 0 aromatic heterocycles. The van der Waals surface area contributed by atoms with Gasteiger partial charge in [-0.05, 0) is 73.6 Å². The lowest BCUT2D eigenvalue weighted by Crippen LogP contribution is -2.42. The van der Waals surface area contributed by atoms with Gasteiger partial charge in [0.1, 0.15) is 0 Å². The molecule has 2 nitrogen and oxygen atoms in total. The minimum atomic E-state index is 0.688. The Morgan fingerprint density at radius 2 is 1.53 bits per heavy atom. The van der Waals surface area contributed by atoms with Crippen LogP contribution in [0.2, 0.25) is 0 Å². The van der Waals surface area contributed by atoms with E-state index in [1.54, 1.807) is 0 Å². The smallest absolute Gasteiger partial charge is 0.0314 e. The van der Waals surface area contributed by atoms with Crippen molar-refractivity contribution in [3.8, 4) is 0 Å². The highest BCUT2D eigenvalue weighted by Gasteiger charge is 2.43.